The Morgan fingerprint density at radius 3 is 2.19 bits per heavy atom. The van der Waals surface area contributed by atoms with Gasteiger partial charge in [0.05, 0.1) is 12.0 Å². The van der Waals surface area contributed by atoms with Crippen LogP contribution < -0.4 is 5.32 Å². The summed E-state index contributed by atoms with van der Waals surface area (Å²) in [7, 11) is 0. The second-order valence-electron chi connectivity index (χ2n) is 12.6. The topological polar surface area (TPSA) is 52.7 Å². The van der Waals surface area contributed by atoms with Crippen molar-refractivity contribution in [3.8, 4) is 0 Å². The van der Waals surface area contributed by atoms with Gasteiger partial charge in [-0.15, -0.1) is 0 Å². The van der Waals surface area contributed by atoms with Crippen molar-refractivity contribution in [1.29, 1.82) is 0 Å². The zero-order valence-corrected chi connectivity index (χ0v) is 21.1. The van der Waals surface area contributed by atoms with Crippen molar-refractivity contribution < 1.29 is 9.59 Å². The molecule has 2 heterocycles. The van der Waals surface area contributed by atoms with Crippen LogP contribution in [0, 0.1) is 17.3 Å². The van der Waals surface area contributed by atoms with Gasteiger partial charge >= 0.3 is 0 Å². The van der Waals surface area contributed by atoms with Gasteiger partial charge in [0.2, 0.25) is 11.8 Å². The van der Waals surface area contributed by atoms with Crippen molar-refractivity contribution in [2.75, 3.05) is 19.6 Å². The van der Waals surface area contributed by atoms with Crippen molar-refractivity contribution in [1.82, 2.24) is 15.1 Å². The molecule has 188 valence electrons. The first-order valence-electron chi connectivity index (χ1n) is 13.9. The van der Waals surface area contributed by atoms with Crippen LogP contribution in [0.2, 0.25) is 0 Å². The van der Waals surface area contributed by atoms with E-state index in [4.69, 9.17) is 0 Å². The molecule has 8 rings (SSSR count). The maximum Gasteiger partial charge on any atom is 0.242 e. The molecule has 4 saturated carbocycles. The predicted octanol–water partition coefficient (Wildman–Crippen LogP) is 4.13. The maximum atomic E-state index is 13.7. The number of hydrogen-bond acceptors (Lipinski definition) is 3. The number of carbonyl (C=O) groups is 2. The molecule has 6 aliphatic rings. The standard InChI is InChI=1S/C31H37N3O2/c35-28(34-20-26-12-27(34)19-33(26)18-22-7-3-1-4-8-22)17-32-29(36)31-15-23-11-24(16-31)14-30(13-23,21-31)25-9-5-2-6-10-25/h1-10,23-24,26-27H,11-21H2,(H,32,36). The van der Waals surface area contributed by atoms with Crippen molar-refractivity contribution >= 4 is 11.8 Å². The number of likely N-dealkylation sites (tertiary alicyclic amines) is 2. The fourth-order valence-corrected chi connectivity index (χ4v) is 9.17. The van der Waals surface area contributed by atoms with Gasteiger partial charge in [0.1, 0.15) is 0 Å². The van der Waals surface area contributed by atoms with Gasteiger partial charge < -0.3 is 10.2 Å². The number of amides is 2. The molecule has 4 atom stereocenters. The highest BCUT2D eigenvalue weighted by molar-refractivity contribution is 5.88. The molecule has 2 aliphatic heterocycles. The second-order valence-corrected chi connectivity index (χ2v) is 12.6. The fourth-order valence-electron chi connectivity index (χ4n) is 9.17. The molecule has 6 bridgehead atoms. The van der Waals surface area contributed by atoms with Gasteiger partial charge in [0.25, 0.3) is 0 Å². The number of piperazine rings is 1. The molecule has 4 aliphatic carbocycles. The van der Waals surface area contributed by atoms with E-state index in [-0.39, 0.29) is 35.2 Å². The number of fused-ring (bicyclic) bond motifs is 2. The van der Waals surface area contributed by atoms with Crippen molar-refractivity contribution in [3.63, 3.8) is 0 Å². The Hall–Kier alpha value is -2.66. The fraction of sp³-hybridized carbons (Fsp3) is 0.548. The average Bonchev–Trinajstić information content (AvgIpc) is 3.48. The van der Waals surface area contributed by atoms with Crippen LogP contribution in [0.3, 0.4) is 0 Å². The zero-order valence-electron chi connectivity index (χ0n) is 21.1. The van der Waals surface area contributed by atoms with Gasteiger partial charge in [0, 0.05) is 31.7 Å². The smallest absolute Gasteiger partial charge is 0.242 e. The van der Waals surface area contributed by atoms with Crippen LogP contribution in [0.4, 0.5) is 0 Å². The molecular weight excluding hydrogens is 446 g/mol. The Kier molecular flexibility index (Phi) is 5.28. The Morgan fingerprint density at radius 2 is 1.53 bits per heavy atom. The molecule has 5 heteroatoms. The van der Waals surface area contributed by atoms with Crippen LogP contribution in [-0.4, -0.2) is 53.3 Å². The third-order valence-electron chi connectivity index (χ3n) is 10.2. The predicted molar refractivity (Wildman–Crippen MR) is 139 cm³/mol. The summed E-state index contributed by atoms with van der Waals surface area (Å²) in [6.07, 6.45) is 7.72. The van der Waals surface area contributed by atoms with Crippen LogP contribution in [0.5, 0.6) is 0 Å². The number of rotatable bonds is 6. The highest BCUT2D eigenvalue weighted by atomic mass is 16.2. The summed E-state index contributed by atoms with van der Waals surface area (Å²) in [5, 5.41) is 3.15. The molecular formula is C31H37N3O2. The van der Waals surface area contributed by atoms with Gasteiger partial charge in [-0.05, 0) is 73.3 Å². The third-order valence-corrected chi connectivity index (χ3v) is 10.2. The minimum atomic E-state index is -0.295. The van der Waals surface area contributed by atoms with E-state index in [0.29, 0.717) is 17.9 Å². The summed E-state index contributed by atoms with van der Waals surface area (Å²) >= 11 is 0. The Labute approximate surface area is 214 Å². The number of nitrogens with one attached hydrogen (secondary N) is 1. The molecule has 0 spiro atoms. The van der Waals surface area contributed by atoms with Crippen LogP contribution in [0.15, 0.2) is 60.7 Å². The molecule has 2 saturated heterocycles. The molecule has 0 aromatic heterocycles. The first-order valence-corrected chi connectivity index (χ1v) is 13.9. The average molecular weight is 484 g/mol. The summed E-state index contributed by atoms with van der Waals surface area (Å²) in [6, 6.07) is 22.2. The molecule has 5 nitrogen and oxygen atoms in total. The SMILES string of the molecule is O=C(CNC(=O)C12CC3CC(C1)CC(c1ccccc1)(C3)C2)N1CC2CC1CN2Cc1ccccc1. The number of nitrogens with zero attached hydrogens (tertiary/aromatic N) is 2. The number of carbonyl (C=O) groups excluding carboxylic acids is 2. The van der Waals surface area contributed by atoms with E-state index in [1.54, 1.807) is 0 Å². The summed E-state index contributed by atoms with van der Waals surface area (Å²) in [5.41, 5.74) is 2.60. The lowest BCUT2D eigenvalue weighted by atomic mass is 9.42. The van der Waals surface area contributed by atoms with E-state index in [1.165, 1.54) is 30.4 Å². The monoisotopic (exact) mass is 483 g/mol. The minimum Gasteiger partial charge on any atom is -0.347 e. The van der Waals surface area contributed by atoms with E-state index in [2.05, 4.69) is 70.9 Å². The van der Waals surface area contributed by atoms with Crippen molar-refractivity contribution in [2.45, 2.75) is 69.0 Å². The first kappa shape index (κ1) is 22.5. The maximum absolute atomic E-state index is 13.7. The molecule has 0 radical (unpaired) electrons. The van der Waals surface area contributed by atoms with E-state index in [9.17, 15) is 9.59 Å². The quantitative estimate of drug-likeness (QED) is 0.672. The molecule has 2 amide bonds. The lowest BCUT2D eigenvalue weighted by Crippen LogP contribution is -2.60. The highest BCUT2D eigenvalue weighted by Gasteiger charge is 2.61. The molecule has 2 aromatic rings. The summed E-state index contributed by atoms with van der Waals surface area (Å²) in [4.78, 5) is 31.5. The second kappa shape index (κ2) is 8.44. The van der Waals surface area contributed by atoms with Crippen LogP contribution >= 0.6 is 0 Å². The summed E-state index contributed by atoms with van der Waals surface area (Å²) < 4.78 is 0. The van der Waals surface area contributed by atoms with Gasteiger partial charge in [-0.3, -0.25) is 14.5 Å². The lowest BCUT2D eigenvalue weighted by Gasteiger charge is -2.61. The molecule has 36 heavy (non-hydrogen) atoms. The van der Waals surface area contributed by atoms with Crippen molar-refractivity contribution in [2.24, 2.45) is 17.3 Å². The van der Waals surface area contributed by atoms with E-state index < -0.39 is 0 Å². The van der Waals surface area contributed by atoms with Gasteiger partial charge in [0.15, 0.2) is 0 Å². The van der Waals surface area contributed by atoms with Gasteiger partial charge in [-0.25, -0.2) is 0 Å². The summed E-state index contributed by atoms with van der Waals surface area (Å²) in [6.45, 7) is 2.83. The Bertz CT molecular complexity index is 1130. The van der Waals surface area contributed by atoms with Crippen LogP contribution in [0.25, 0.3) is 0 Å². The first-order chi connectivity index (χ1) is 17.5. The molecule has 2 aromatic carbocycles. The Morgan fingerprint density at radius 1 is 0.833 bits per heavy atom. The van der Waals surface area contributed by atoms with Gasteiger partial charge in [-0.1, -0.05) is 60.7 Å². The van der Waals surface area contributed by atoms with Gasteiger partial charge in [-0.2, -0.15) is 0 Å². The van der Waals surface area contributed by atoms with E-state index in [1.807, 2.05) is 4.90 Å². The number of benzene rings is 2. The minimum absolute atomic E-state index is 0.0951. The molecule has 4 unspecified atom stereocenters. The van der Waals surface area contributed by atoms with Crippen LogP contribution in [-0.2, 0) is 21.5 Å². The van der Waals surface area contributed by atoms with E-state index >= 15 is 0 Å². The molecule has 1 N–H and O–H groups in total. The summed E-state index contributed by atoms with van der Waals surface area (Å²) in [5.74, 6) is 1.51. The highest BCUT2D eigenvalue weighted by Crippen LogP contribution is 2.65. The van der Waals surface area contributed by atoms with Crippen LogP contribution in [0.1, 0.15) is 56.1 Å². The number of hydrogen-bond donors (Lipinski definition) is 1. The largest absolute Gasteiger partial charge is 0.347 e. The third kappa shape index (κ3) is 3.70. The Balaban J connectivity index is 0.987. The zero-order chi connectivity index (χ0) is 24.3. The van der Waals surface area contributed by atoms with Crippen molar-refractivity contribution in [3.05, 3.63) is 71.8 Å². The normalized spacial score (nSPS) is 36.4. The van der Waals surface area contributed by atoms with E-state index in [0.717, 1.165) is 45.3 Å². The molecule has 6 fully saturated rings. The lowest BCUT2D eigenvalue weighted by molar-refractivity contribution is -0.150.